The van der Waals surface area contributed by atoms with Crippen molar-refractivity contribution in [2.24, 2.45) is 0 Å². The van der Waals surface area contributed by atoms with Crippen LogP contribution in [-0.4, -0.2) is 16.0 Å². The number of hydrogen-bond donors (Lipinski definition) is 2. The number of aryl methyl sites for hydroxylation is 2. The minimum absolute atomic E-state index is 0.212. The van der Waals surface area contributed by atoms with Gasteiger partial charge in [0.2, 0.25) is 5.89 Å². The first-order valence-electron chi connectivity index (χ1n) is 5.50. The van der Waals surface area contributed by atoms with Gasteiger partial charge in [-0.15, -0.1) is 0 Å². The van der Waals surface area contributed by atoms with Crippen LogP contribution in [0.15, 0.2) is 22.7 Å². The Bertz CT molecular complexity index is 577. The molecule has 0 aliphatic carbocycles. The molecule has 3 N–H and O–H groups in total. The highest BCUT2D eigenvalue weighted by Gasteiger charge is 2.10. The highest BCUT2D eigenvalue weighted by atomic mass is 16.5. The van der Waals surface area contributed by atoms with Crippen molar-refractivity contribution in [3.63, 3.8) is 0 Å². The van der Waals surface area contributed by atoms with Crippen molar-refractivity contribution >= 4 is 11.6 Å². The van der Waals surface area contributed by atoms with Crippen LogP contribution in [0.4, 0.5) is 5.69 Å². The lowest BCUT2D eigenvalue weighted by atomic mass is 10.1. The molecule has 0 bridgehead atoms. The Hall–Kier alpha value is -2.37. The second kappa shape index (κ2) is 4.87. The van der Waals surface area contributed by atoms with E-state index in [1.807, 2.05) is 13.0 Å². The van der Waals surface area contributed by atoms with Gasteiger partial charge in [0, 0.05) is 12.6 Å². The molecule has 18 heavy (non-hydrogen) atoms. The minimum Gasteiger partial charge on any atom is -0.398 e. The van der Waals surface area contributed by atoms with Gasteiger partial charge in [0.15, 0.2) is 5.82 Å². The van der Waals surface area contributed by atoms with E-state index in [9.17, 15) is 4.79 Å². The summed E-state index contributed by atoms with van der Waals surface area (Å²) >= 11 is 0. The summed E-state index contributed by atoms with van der Waals surface area (Å²) in [5.74, 6) is 0.649. The van der Waals surface area contributed by atoms with Crippen LogP contribution in [0.3, 0.4) is 0 Å². The van der Waals surface area contributed by atoms with E-state index in [2.05, 4.69) is 15.5 Å². The monoisotopic (exact) mass is 246 g/mol. The van der Waals surface area contributed by atoms with Gasteiger partial charge in [-0.3, -0.25) is 4.79 Å². The van der Waals surface area contributed by atoms with Gasteiger partial charge in [-0.25, -0.2) is 0 Å². The fourth-order valence-corrected chi connectivity index (χ4v) is 1.56. The molecule has 0 fully saturated rings. The van der Waals surface area contributed by atoms with Gasteiger partial charge in [-0.2, -0.15) is 4.98 Å². The Morgan fingerprint density at radius 2 is 2.22 bits per heavy atom. The first-order chi connectivity index (χ1) is 8.56. The van der Waals surface area contributed by atoms with Crippen molar-refractivity contribution in [2.75, 3.05) is 5.73 Å². The lowest BCUT2D eigenvalue weighted by Crippen LogP contribution is -2.24. The predicted molar refractivity (Wildman–Crippen MR) is 65.8 cm³/mol. The SMILES string of the molecule is Cc1ccc(C(=O)NCc2noc(C)n2)c(N)c1. The molecule has 0 spiro atoms. The summed E-state index contributed by atoms with van der Waals surface area (Å²) in [6.07, 6.45) is 0. The summed E-state index contributed by atoms with van der Waals surface area (Å²) in [6.45, 7) is 3.82. The average molecular weight is 246 g/mol. The second-order valence-corrected chi connectivity index (χ2v) is 4.00. The fourth-order valence-electron chi connectivity index (χ4n) is 1.56. The zero-order chi connectivity index (χ0) is 13.1. The van der Waals surface area contributed by atoms with E-state index in [0.717, 1.165) is 5.56 Å². The summed E-state index contributed by atoms with van der Waals surface area (Å²) in [5.41, 5.74) is 7.70. The summed E-state index contributed by atoms with van der Waals surface area (Å²) in [6, 6.07) is 5.29. The number of anilines is 1. The summed E-state index contributed by atoms with van der Waals surface area (Å²) in [7, 11) is 0. The van der Waals surface area contributed by atoms with Crippen molar-refractivity contribution in [2.45, 2.75) is 20.4 Å². The first-order valence-corrected chi connectivity index (χ1v) is 5.50. The molecule has 1 aromatic heterocycles. The number of hydrogen-bond acceptors (Lipinski definition) is 5. The van der Waals surface area contributed by atoms with Gasteiger partial charge in [0.05, 0.1) is 12.1 Å². The van der Waals surface area contributed by atoms with Crippen LogP contribution < -0.4 is 11.1 Å². The van der Waals surface area contributed by atoms with E-state index in [1.165, 1.54) is 0 Å². The molecule has 0 saturated heterocycles. The van der Waals surface area contributed by atoms with Gasteiger partial charge in [0.1, 0.15) is 0 Å². The van der Waals surface area contributed by atoms with Crippen LogP contribution in [0.5, 0.6) is 0 Å². The van der Waals surface area contributed by atoms with Gasteiger partial charge >= 0.3 is 0 Å². The van der Waals surface area contributed by atoms with Crippen molar-refractivity contribution in [1.29, 1.82) is 0 Å². The van der Waals surface area contributed by atoms with Crippen molar-refractivity contribution < 1.29 is 9.32 Å². The number of nitrogens with one attached hydrogen (secondary N) is 1. The molecule has 6 nitrogen and oxygen atoms in total. The maximum absolute atomic E-state index is 11.9. The molecule has 0 aliphatic heterocycles. The molecule has 2 aromatic rings. The summed E-state index contributed by atoms with van der Waals surface area (Å²) in [5, 5.41) is 6.37. The molecule has 0 aliphatic rings. The van der Waals surface area contributed by atoms with Crippen molar-refractivity contribution in [3.05, 3.63) is 41.0 Å². The van der Waals surface area contributed by atoms with Gasteiger partial charge in [0.25, 0.3) is 5.91 Å². The Morgan fingerprint density at radius 3 is 2.83 bits per heavy atom. The molecule has 6 heteroatoms. The Balaban J connectivity index is 2.03. The van der Waals surface area contributed by atoms with E-state index in [4.69, 9.17) is 10.3 Å². The highest BCUT2D eigenvalue weighted by molar-refractivity contribution is 5.99. The lowest BCUT2D eigenvalue weighted by Gasteiger charge is -2.06. The van der Waals surface area contributed by atoms with Gasteiger partial charge < -0.3 is 15.6 Å². The van der Waals surface area contributed by atoms with E-state index >= 15 is 0 Å². The largest absolute Gasteiger partial charge is 0.398 e. The number of benzene rings is 1. The van der Waals surface area contributed by atoms with Crippen LogP contribution >= 0.6 is 0 Å². The number of nitrogen functional groups attached to an aromatic ring is 1. The molecule has 94 valence electrons. The topological polar surface area (TPSA) is 94.0 Å². The third-order valence-corrected chi connectivity index (χ3v) is 2.43. The maximum atomic E-state index is 11.9. The molecule has 1 amide bonds. The van der Waals surface area contributed by atoms with E-state index in [1.54, 1.807) is 19.1 Å². The van der Waals surface area contributed by atoms with E-state index < -0.39 is 0 Å². The van der Waals surface area contributed by atoms with Crippen molar-refractivity contribution in [1.82, 2.24) is 15.5 Å². The van der Waals surface area contributed by atoms with E-state index in [-0.39, 0.29) is 12.5 Å². The maximum Gasteiger partial charge on any atom is 0.253 e. The fraction of sp³-hybridized carbons (Fsp3) is 0.250. The highest BCUT2D eigenvalue weighted by Crippen LogP contribution is 2.13. The molecule has 2 rings (SSSR count). The normalized spacial score (nSPS) is 10.3. The molecule has 1 heterocycles. The Kier molecular flexibility index (Phi) is 3.27. The quantitative estimate of drug-likeness (QED) is 0.793. The van der Waals surface area contributed by atoms with Crippen LogP contribution in [0.2, 0.25) is 0 Å². The standard InChI is InChI=1S/C12H14N4O2/c1-7-3-4-9(10(13)5-7)12(17)14-6-11-15-8(2)18-16-11/h3-5H,6,13H2,1-2H3,(H,14,17). The van der Waals surface area contributed by atoms with Crippen LogP contribution in [0, 0.1) is 13.8 Å². The average Bonchev–Trinajstić information content (AvgIpc) is 2.72. The zero-order valence-electron chi connectivity index (χ0n) is 10.2. The number of carbonyl (C=O) groups is 1. The first kappa shape index (κ1) is 12.1. The molecule has 1 aromatic carbocycles. The minimum atomic E-state index is -0.255. The predicted octanol–water partition coefficient (Wildman–Crippen LogP) is 1.20. The smallest absolute Gasteiger partial charge is 0.253 e. The van der Waals surface area contributed by atoms with Crippen molar-refractivity contribution in [3.8, 4) is 0 Å². The third-order valence-electron chi connectivity index (χ3n) is 2.43. The van der Waals surface area contributed by atoms with Crippen LogP contribution in [0.1, 0.15) is 27.6 Å². The number of carbonyl (C=O) groups excluding carboxylic acids is 1. The number of amides is 1. The molecule has 0 unspecified atom stereocenters. The lowest BCUT2D eigenvalue weighted by molar-refractivity contribution is 0.0950. The van der Waals surface area contributed by atoms with Gasteiger partial charge in [-0.1, -0.05) is 11.2 Å². The number of aromatic nitrogens is 2. The molecule has 0 saturated carbocycles. The Labute approximate surface area is 104 Å². The van der Waals surface area contributed by atoms with Gasteiger partial charge in [-0.05, 0) is 24.6 Å². The molecule has 0 atom stereocenters. The number of rotatable bonds is 3. The second-order valence-electron chi connectivity index (χ2n) is 4.00. The third kappa shape index (κ3) is 2.65. The molecular weight excluding hydrogens is 232 g/mol. The van der Waals surface area contributed by atoms with Crippen LogP contribution in [0.25, 0.3) is 0 Å². The van der Waals surface area contributed by atoms with E-state index in [0.29, 0.717) is 23.0 Å². The summed E-state index contributed by atoms with van der Waals surface area (Å²) in [4.78, 5) is 15.9. The summed E-state index contributed by atoms with van der Waals surface area (Å²) < 4.78 is 4.80. The Morgan fingerprint density at radius 1 is 1.44 bits per heavy atom. The van der Waals surface area contributed by atoms with Crippen LogP contribution in [-0.2, 0) is 6.54 Å². The number of nitrogens with zero attached hydrogens (tertiary/aromatic N) is 2. The molecular formula is C12H14N4O2. The number of nitrogens with two attached hydrogens (primary N) is 1. The zero-order valence-corrected chi connectivity index (χ0v) is 10.2. The molecule has 0 radical (unpaired) electrons.